The largest absolute Gasteiger partial charge is 0.496 e. The Balaban J connectivity index is 2.70. The highest BCUT2D eigenvalue weighted by Crippen LogP contribution is 2.26. The van der Waals surface area contributed by atoms with Gasteiger partial charge in [0.2, 0.25) is 0 Å². The predicted octanol–water partition coefficient (Wildman–Crippen LogP) is 2.77. The summed E-state index contributed by atoms with van der Waals surface area (Å²) < 4.78 is 5.31. The summed E-state index contributed by atoms with van der Waals surface area (Å²) in [5.41, 5.74) is 2.02. The number of methoxy groups -OCH3 is 1. The van der Waals surface area contributed by atoms with Crippen LogP contribution in [0.5, 0.6) is 5.75 Å². The summed E-state index contributed by atoms with van der Waals surface area (Å²) >= 11 is 0. The molecule has 0 aliphatic carbocycles. The summed E-state index contributed by atoms with van der Waals surface area (Å²) in [5.74, 6) is 0.761. The van der Waals surface area contributed by atoms with Crippen LogP contribution in [-0.4, -0.2) is 37.3 Å². The third-order valence-electron chi connectivity index (χ3n) is 3.12. The first-order valence-corrected chi connectivity index (χ1v) is 6.59. The van der Waals surface area contributed by atoms with Crippen molar-refractivity contribution in [1.82, 2.24) is 4.90 Å². The second kappa shape index (κ2) is 7.39. The van der Waals surface area contributed by atoms with E-state index in [1.807, 2.05) is 32.2 Å². The minimum Gasteiger partial charge on any atom is -0.496 e. The molecular weight excluding hydrogens is 226 g/mol. The smallest absolute Gasteiger partial charge is 0.124 e. The number of unbranched alkanes of at least 4 members (excludes halogenated alkanes) is 1. The average Bonchev–Trinajstić information content (AvgIpc) is 2.36. The number of aliphatic hydroxyl groups excluding tert-OH is 1. The van der Waals surface area contributed by atoms with Crippen molar-refractivity contribution >= 4 is 0 Å². The fourth-order valence-corrected chi connectivity index (χ4v) is 2.03. The van der Waals surface area contributed by atoms with E-state index in [1.165, 1.54) is 6.42 Å². The highest BCUT2D eigenvalue weighted by molar-refractivity contribution is 5.38. The van der Waals surface area contributed by atoms with Gasteiger partial charge >= 0.3 is 0 Å². The van der Waals surface area contributed by atoms with Gasteiger partial charge in [-0.1, -0.05) is 25.0 Å². The van der Waals surface area contributed by atoms with E-state index in [2.05, 4.69) is 11.8 Å². The van der Waals surface area contributed by atoms with E-state index in [9.17, 15) is 5.11 Å². The number of benzene rings is 1. The number of rotatable bonds is 7. The molecule has 1 N–H and O–H groups in total. The molecule has 1 aromatic carbocycles. The molecule has 1 rings (SSSR count). The Kier molecular flexibility index (Phi) is 6.16. The molecule has 0 bridgehead atoms. The number of aliphatic hydroxyl groups is 1. The molecular formula is C15H25NO2. The fourth-order valence-electron chi connectivity index (χ4n) is 2.03. The van der Waals surface area contributed by atoms with Crippen molar-refractivity contribution in [3.05, 3.63) is 29.3 Å². The Morgan fingerprint density at radius 2 is 2.11 bits per heavy atom. The molecule has 18 heavy (non-hydrogen) atoms. The lowest BCUT2D eigenvalue weighted by Crippen LogP contribution is -2.25. The van der Waals surface area contributed by atoms with Crippen LogP contribution in [0.1, 0.15) is 37.0 Å². The molecule has 102 valence electrons. The van der Waals surface area contributed by atoms with Crippen molar-refractivity contribution in [2.45, 2.75) is 32.8 Å². The zero-order valence-electron chi connectivity index (χ0n) is 11.9. The SMILES string of the molecule is CCCCN(C)CC(O)c1cc(C)ccc1OC. The molecule has 0 saturated heterocycles. The van der Waals surface area contributed by atoms with Gasteiger partial charge in [-0.3, -0.25) is 0 Å². The van der Waals surface area contributed by atoms with E-state index in [1.54, 1.807) is 7.11 Å². The Labute approximate surface area is 110 Å². The number of aryl methyl sites for hydroxylation is 1. The number of likely N-dealkylation sites (N-methyl/N-ethyl adjacent to an activating group) is 1. The summed E-state index contributed by atoms with van der Waals surface area (Å²) in [6.07, 6.45) is 1.84. The van der Waals surface area contributed by atoms with Crippen LogP contribution in [0.15, 0.2) is 18.2 Å². The molecule has 0 amide bonds. The van der Waals surface area contributed by atoms with Gasteiger partial charge in [-0.05, 0) is 39.1 Å². The lowest BCUT2D eigenvalue weighted by molar-refractivity contribution is 0.123. The Morgan fingerprint density at radius 1 is 1.39 bits per heavy atom. The first kappa shape index (κ1) is 15.0. The van der Waals surface area contributed by atoms with E-state index < -0.39 is 6.10 Å². The third kappa shape index (κ3) is 4.31. The van der Waals surface area contributed by atoms with Crippen LogP contribution in [0, 0.1) is 6.92 Å². The maximum absolute atomic E-state index is 10.3. The first-order chi connectivity index (χ1) is 8.58. The normalized spacial score (nSPS) is 12.8. The number of hydrogen-bond acceptors (Lipinski definition) is 3. The van der Waals surface area contributed by atoms with E-state index in [0.29, 0.717) is 6.54 Å². The van der Waals surface area contributed by atoms with Crippen molar-refractivity contribution in [3.63, 3.8) is 0 Å². The molecule has 0 radical (unpaired) electrons. The Bertz CT molecular complexity index is 366. The Hall–Kier alpha value is -1.06. The lowest BCUT2D eigenvalue weighted by Gasteiger charge is -2.22. The maximum Gasteiger partial charge on any atom is 0.124 e. The van der Waals surface area contributed by atoms with E-state index in [0.717, 1.165) is 29.8 Å². The summed E-state index contributed by atoms with van der Waals surface area (Å²) in [4.78, 5) is 2.16. The zero-order chi connectivity index (χ0) is 13.5. The van der Waals surface area contributed by atoms with Crippen LogP contribution >= 0.6 is 0 Å². The third-order valence-corrected chi connectivity index (χ3v) is 3.12. The van der Waals surface area contributed by atoms with E-state index in [4.69, 9.17) is 4.74 Å². The first-order valence-electron chi connectivity index (χ1n) is 6.59. The maximum atomic E-state index is 10.3. The topological polar surface area (TPSA) is 32.7 Å². The van der Waals surface area contributed by atoms with Gasteiger partial charge < -0.3 is 14.7 Å². The summed E-state index contributed by atoms with van der Waals surface area (Å²) in [6.45, 7) is 5.85. The number of nitrogens with zero attached hydrogens (tertiary/aromatic N) is 1. The van der Waals surface area contributed by atoms with Crippen LogP contribution in [0.4, 0.5) is 0 Å². The van der Waals surface area contributed by atoms with Gasteiger partial charge in [0.25, 0.3) is 0 Å². The van der Waals surface area contributed by atoms with E-state index >= 15 is 0 Å². The van der Waals surface area contributed by atoms with Crippen molar-refractivity contribution in [1.29, 1.82) is 0 Å². The molecule has 0 heterocycles. The molecule has 1 atom stereocenters. The van der Waals surface area contributed by atoms with Gasteiger partial charge in [0.15, 0.2) is 0 Å². The molecule has 0 spiro atoms. The molecule has 0 aliphatic heterocycles. The van der Waals surface area contributed by atoms with Gasteiger partial charge in [-0.15, -0.1) is 0 Å². The minimum atomic E-state index is -0.498. The summed E-state index contributed by atoms with van der Waals surface area (Å²) in [7, 11) is 3.68. The molecule has 0 aromatic heterocycles. The van der Waals surface area contributed by atoms with Crippen molar-refractivity contribution < 1.29 is 9.84 Å². The highest BCUT2D eigenvalue weighted by Gasteiger charge is 2.15. The predicted molar refractivity (Wildman–Crippen MR) is 75.1 cm³/mol. The molecule has 3 nitrogen and oxygen atoms in total. The standard InChI is InChI=1S/C15H25NO2/c1-5-6-9-16(3)11-14(17)13-10-12(2)7-8-15(13)18-4/h7-8,10,14,17H,5-6,9,11H2,1-4H3. The van der Waals surface area contributed by atoms with Crippen molar-refractivity contribution in [3.8, 4) is 5.75 Å². The van der Waals surface area contributed by atoms with Gasteiger partial charge in [0, 0.05) is 12.1 Å². The molecule has 1 unspecified atom stereocenters. The van der Waals surface area contributed by atoms with Gasteiger partial charge in [-0.25, -0.2) is 0 Å². The molecule has 0 fully saturated rings. The quantitative estimate of drug-likeness (QED) is 0.809. The summed E-state index contributed by atoms with van der Waals surface area (Å²) in [6, 6.07) is 5.91. The minimum absolute atomic E-state index is 0.498. The van der Waals surface area contributed by atoms with Crippen LogP contribution in [0.3, 0.4) is 0 Å². The van der Waals surface area contributed by atoms with Crippen molar-refractivity contribution in [2.24, 2.45) is 0 Å². The highest BCUT2D eigenvalue weighted by atomic mass is 16.5. The summed E-state index contributed by atoms with van der Waals surface area (Å²) in [5, 5.41) is 10.3. The van der Waals surface area contributed by atoms with Crippen LogP contribution in [0.25, 0.3) is 0 Å². The molecule has 0 saturated carbocycles. The molecule has 3 heteroatoms. The molecule has 0 aliphatic rings. The van der Waals surface area contributed by atoms with Gasteiger partial charge in [0.1, 0.15) is 5.75 Å². The monoisotopic (exact) mass is 251 g/mol. The number of hydrogen-bond donors (Lipinski definition) is 1. The van der Waals surface area contributed by atoms with Gasteiger partial charge in [0.05, 0.1) is 13.2 Å². The second-order valence-electron chi connectivity index (χ2n) is 4.88. The van der Waals surface area contributed by atoms with Crippen LogP contribution in [-0.2, 0) is 0 Å². The van der Waals surface area contributed by atoms with E-state index in [-0.39, 0.29) is 0 Å². The van der Waals surface area contributed by atoms with Crippen molar-refractivity contribution in [2.75, 3.05) is 27.2 Å². The zero-order valence-corrected chi connectivity index (χ0v) is 11.9. The average molecular weight is 251 g/mol. The Morgan fingerprint density at radius 3 is 2.72 bits per heavy atom. The lowest BCUT2D eigenvalue weighted by atomic mass is 10.0. The fraction of sp³-hybridized carbons (Fsp3) is 0.600. The molecule has 1 aromatic rings. The van der Waals surface area contributed by atoms with Crippen LogP contribution < -0.4 is 4.74 Å². The second-order valence-corrected chi connectivity index (χ2v) is 4.88. The number of ether oxygens (including phenoxy) is 1. The van der Waals surface area contributed by atoms with Crippen LogP contribution in [0.2, 0.25) is 0 Å². The van der Waals surface area contributed by atoms with Gasteiger partial charge in [-0.2, -0.15) is 0 Å².